The van der Waals surface area contributed by atoms with Crippen LogP contribution in [0.15, 0.2) is 41.3 Å². The monoisotopic (exact) mass is 491 g/mol. The highest BCUT2D eigenvalue weighted by molar-refractivity contribution is 7.89. The first-order chi connectivity index (χ1) is 16.1. The zero-order valence-corrected chi connectivity index (χ0v) is 19.6. The number of Topliss-reactive ketones (excluding diaryl/α,β-unsaturated/α-hetero) is 1. The number of carbonyl (C=O) groups excluding carboxylic acids is 2. The number of ketones is 1. The third-order valence-corrected chi connectivity index (χ3v) is 6.67. The highest BCUT2D eigenvalue weighted by Crippen LogP contribution is 2.31. The van der Waals surface area contributed by atoms with Crippen molar-refractivity contribution in [3.63, 3.8) is 0 Å². The Labute approximate surface area is 196 Å². The summed E-state index contributed by atoms with van der Waals surface area (Å²) in [5.41, 5.74) is 1.94. The Kier molecular flexibility index (Phi) is 7.97. The number of hydrogen-bond acceptors (Lipinski definition) is 9. The average molecular weight is 492 g/mol. The van der Waals surface area contributed by atoms with E-state index in [0.29, 0.717) is 31.9 Å². The molecule has 2 aromatic carbocycles. The van der Waals surface area contributed by atoms with Crippen LogP contribution in [-0.4, -0.2) is 64.5 Å². The maximum atomic E-state index is 12.6. The van der Waals surface area contributed by atoms with Gasteiger partial charge in [-0.3, -0.25) is 19.7 Å². The maximum Gasteiger partial charge on any atom is 0.321 e. The van der Waals surface area contributed by atoms with Gasteiger partial charge < -0.3 is 14.4 Å². The first-order valence-corrected chi connectivity index (χ1v) is 11.9. The van der Waals surface area contributed by atoms with E-state index in [-0.39, 0.29) is 16.3 Å². The van der Waals surface area contributed by atoms with Crippen LogP contribution in [0.1, 0.15) is 21.5 Å². The Bertz CT molecular complexity index is 1210. The van der Waals surface area contributed by atoms with Crippen molar-refractivity contribution < 1.29 is 32.4 Å². The third-order valence-electron chi connectivity index (χ3n) is 5.27. The molecule has 11 nitrogen and oxygen atoms in total. The first-order valence-electron chi connectivity index (χ1n) is 10.5. The first kappa shape index (κ1) is 25.3. The van der Waals surface area contributed by atoms with E-state index in [4.69, 9.17) is 9.47 Å². The predicted molar refractivity (Wildman–Crippen MR) is 123 cm³/mol. The summed E-state index contributed by atoms with van der Waals surface area (Å²) in [6, 6.07) is 8.85. The fourth-order valence-electron chi connectivity index (χ4n) is 3.44. The van der Waals surface area contributed by atoms with Crippen LogP contribution < -0.4 is 9.62 Å². The molecule has 1 aliphatic rings. The third kappa shape index (κ3) is 6.16. The van der Waals surface area contributed by atoms with Gasteiger partial charge in [0.25, 0.3) is 5.69 Å². The number of nitrogens with zero attached hydrogens (tertiary/aromatic N) is 2. The zero-order chi connectivity index (χ0) is 24.9. The molecule has 1 N–H and O–H groups in total. The summed E-state index contributed by atoms with van der Waals surface area (Å²) in [5.74, 6) is -1.37. The van der Waals surface area contributed by atoms with Crippen LogP contribution in [-0.2, 0) is 24.3 Å². The van der Waals surface area contributed by atoms with E-state index in [1.807, 2.05) is 13.0 Å². The van der Waals surface area contributed by atoms with Gasteiger partial charge in [-0.15, -0.1) is 0 Å². The minimum atomic E-state index is -4.25. The largest absolute Gasteiger partial charge is 0.456 e. The standard InChI is InChI=1S/C22H25N3O8S/c1-15-3-4-16(2)18(11-15)21(26)14-33-22(27)13-23-34(30,31)17-5-6-19(20(12-17)25(28)29)24-7-9-32-10-8-24/h3-6,11-12,23H,7-10,13-14H2,1-2H3. The van der Waals surface area contributed by atoms with E-state index in [9.17, 15) is 28.1 Å². The molecule has 1 saturated heterocycles. The average Bonchev–Trinajstić information content (AvgIpc) is 2.82. The van der Waals surface area contributed by atoms with Gasteiger partial charge in [0.1, 0.15) is 12.2 Å². The van der Waals surface area contributed by atoms with E-state index in [1.54, 1.807) is 24.0 Å². The number of rotatable bonds is 9. The van der Waals surface area contributed by atoms with E-state index in [1.165, 1.54) is 12.1 Å². The molecule has 1 heterocycles. The van der Waals surface area contributed by atoms with E-state index in [2.05, 4.69) is 4.72 Å². The molecular formula is C22H25N3O8S. The minimum Gasteiger partial charge on any atom is -0.456 e. The quantitative estimate of drug-likeness (QED) is 0.240. The van der Waals surface area contributed by atoms with E-state index >= 15 is 0 Å². The van der Waals surface area contributed by atoms with Gasteiger partial charge in [-0.25, -0.2) is 8.42 Å². The van der Waals surface area contributed by atoms with E-state index in [0.717, 1.165) is 17.2 Å². The second kappa shape index (κ2) is 10.7. The van der Waals surface area contributed by atoms with Gasteiger partial charge >= 0.3 is 5.97 Å². The summed E-state index contributed by atoms with van der Waals surface area (Å²) in [5, 5.41) is 11.5. The molecule has 12 heteroatoms. The molecule has 34 heavy (non-hydrogen) atoms. The molecule has 0 radical (unpaired) electrons. The lowest BCUT2D eigenvalue weighted by Crippen LogP contribution is -2.36. The van der Waals surface area contributed by atoms with Crippen molar-refractivity contribution in [1.82, 2.24) is 4.72 Å². The van der Waals surface area contributed by atoms with Gasteiger partial charge in [0.15, 0.2) is 6.61 Å². The zero-order valence-electron chi connectivity index (χ0n) is 18.8. The summed E-state index contributed by atoms with van der Waals surface area (Å²) >= 11 is 0. The van der Waals surface area contributed by atoms with Crippen molar-refractivity contribution in [3.05, 3.63) is 63.2 Å². The number of morpholine rings is 1. The number of carbonyl (C=O) groups is 2. The van der Waals surface area contributed by atoms with Crippen molar-refractivity contribution >= 4 is 33.2 Å². The highest BCUT2D eigenvalue weighted by Gasteiger charge is 2.26. The number of ether oxygens (including phenoxy) is 2. The van der Waals surface area contributed by atoms with Gasteiger partial charge in [0.2, 0.25) is 15.8 Å². The number of anilines is 1. The molecule has 182 valence electrons. The van der Waals surface area contributed by atoms with Gasteiger partial charge in [-0.2, -0.15) is 4.72 Å². The number of nitro benzene ring substituents is 1. The fourth-order valence-corrected chi connectivity index (χ4v) is 4.43. The van der Waals surface area contributed by atoms with Crippen molar-refractivity contribution in [2.24, 2.45) is 0 Å². The lowest BCUT2D eigenvalue weighted by molar-refractivity contribution is -0.384. The SMILES string of the molecule is Cc1ccc(C)c(C(=O)COC(=O)CNS(=O)(=O)c2ccc(N3CCOCC3)c([N+](=O)[O-])c2)c1. The van der Waals surface area contributed by atoms with Crippen molar-refractivity contribution in [2.45, 2.75) is 18.7 Å². The van der Waals surface area contributed by atoms with Gasteiger partial charge in [-0.05, 0) is 37.6 Å². The second-order valence-corrected chi connectivity index (χ2v) is 9.50. The fraction of sp³-hybridized carbons (Fsp3) is 0.364. The Morgan fingerprint density at radius 1 is 1.15 bits per heavy atom. The molecule has 0 aromatic heterocycles. The van der Waals surface area contributed by atoms with Gasteiger partial charge in [0.05, 0.1) is 23.0 Å². The molecule has 1 aliphatic heterocycles. The molecule has 3 rings (SSSR count). The lowest BCUT2D eigenvalue weighted by atomic mass is 10.0. The summed E-state index contributed by atoms with van der Waals surface area (Å²) in [7, 11) is -4.25. The number of esters is 1. The summed E-state index contributed by atoms with van der Waals surface area (Å²) in [4.78, 5) is 36.6. The van der Waals surface area contributed by atoms with Crippen molar-refractivity contribution in [1.29, 1.82) is 0 Å². The second-order valence-electron chi connectivity index (χ2n) is 7.73. The summed E-state index contributed by atoms with van der Waals surface area (Å²) in [6.45, 7) is 4.02. The minimum absolute atomic E-state index is 0.289. The molecule has 0 spiro atoms. The van der Waals surface area contributed by atoms with Crippen LogP contribution in [0.5, 0.6) is 0 Å². The summed E-state index contributed by atoms with van der Waals surface area (Å²) in [6.07, 6.45) is 0. The summed E-state index contributed by atoms with van der Waals surface area (Å²) < 4.78 is 37.4. The molecule has 0 bridgehead atoms. The Balaban J connectivity index is 1.63. The van der Waals surface area contributed by atoms with Crippen LogP contribution in [0.4, 0.5) is 11.4 Å². The predicted octanol–water partition coefficient (Wildman–Crippen LogP) is 1.75. The number of sulfonamides is 1. The molecule has 0 atom stereocenters. The Hall–Kier alpha value is -3.35. The van der Waals surface area contributed by atoms with Crippen molar-refractivity contribution in [2.75, 3.05) is 44.4 Å². The van der Waals surface area contributed by atoms with Crippen LogP contribution >= 0.6 is 0 Å². The van der Waals surface area contributed by atoms with Crippen LogP contribution in [0.25, 0.3) is 0 Å². The highest BCUT2D eigenvalue weighted by atomic mass is 32.2. The number of nitrogens with one attached hydrogen (secondary N) is 1. The van der Waals surface area contributed by atoms with E-state index < -0.39 is 39.9 Å². The Morgan fingerprint density at radius 2 is 1.85 bits per heavy atom. The molecular weight excluding hydrogens is 466 g/mol. The lowest BCUT2D eigenvalue weighted by Gasteiger charge is -2.28. The van der Waals surface area contributed by atoms with Gasteiger partial charge in [-0.1, -0.05) is 17.7 Å². The topological polar surface area (TPSA) is 145 Å². The molecule has 0 amide bonds. The van der Waals surface area contributed by atoms with Gasteiger partial charge in [0, 0.05) is 24.7 Å². The molecule has 0 unspecified atom stereocenters. The Morgan fingerprint density at radius 3 is 2.53 bits per heavy atom. The normalized spacial score (nSPS) is 14.0. The van der Waals surface area contributed by atoms with Crippen LogP contribution in [0.3, 0.4) is 0 Å². The number of hydrogen-bond donors (Lipinski definition) is 1. The molecule has 0 aliphatic carbocycles. The molecule has 1 fully saturated rings. The van der Waals surface area contributed by atoms with Crippen molar-refractivity contribution in [3.8, 4) is 0 Å². The number of aryl methyl sites for hydroxylation is 2. The molecule has 2 aromatic rings. The number of benzene rings is 2. The van der Waals surface area contributed by atoms with Crippen LogP contribution in [0, 0.1) is 24.0 Å². The maximum absolute atomic E-state index is 12.6. The smallest absolute Gasteiger partial charge is 0.321 e. The molecule has 0 saturated carbocycles. The number of nitro groups is 1. The van der Waals surface area contributed by atoms with Crippen LogP contribution in [0.2, 0.25) is 0 Å².